The summed E-state index contributed by atoms with van der Waals surface area (Å²) in [6.45, 7) is 2.48. The van der Waals surface area contributed by atoms with Crippen molar-refractivity contribution >= 4 is 0 Å². The first-order chi connectivity index (χ1) is 13.8. The summed E-state index contributed by atoms with van der Waals surface area (Å²) in [7, 11) is 0. The minimum Gasteiger partial charge on any atom is -0.356 e. The standard InChI is InChI=1S/C22H19N5O/c1-2-4-16(5-3-1)21-12-19(26-28-21)14-27-11-8-18-13-24-22(25-20(18)15-27)17-6-9-23-10-7-17/h1-7,9-10,12-13H,8,11,14-15H2. The van der Waals surface area contributed by atoms with Gasteiger partial charge in [-0.15, -0.1) is 0 Å². The fourth-order valence-corrected chi connectivity index (χ4v) is 3.49. The molecule has 0 bridgehead atoms. The molecule has 28 heavy (non-hydrogen) atoms. The lowest BCUT2D eigenvalue weighted by Gasteiger charge is -2.27. The van der Waals surface area contributed by atoms with E-state index in [9.17, 15) is 0 Å². The highest BCUT2D eigenvalue weighted by atomic mass is 16.5. The molecule has 3 aromatic heterocycles. The minimum atomic E-state index is 0.740. The Bertz CT molecular complexity index is 1080. The zero-order valence-corrected chi connectivity index (χ0v) is 15.3. The SMILES string of the molecule is c1ccc(-c2cc(CN3CCc4cnc(-c5ccncc5)nc4C3)no2)cc1. The Hall–Kier alpha value is -3.38. The maximum Gasteiger partial charge on any atom is 0.167 e. The van der Waals surface area contributed by atoms with Crippen LogP contribution in [-0.2, 0) is 19.5 Å². The molecule has 0 fully saturated rings. The monoisotopic (exact) mass is 369 g/mol. The molecule has 0 aliphatic carbocycles. The molecule has 4 aromatic rings. The van der Waals surface area contributed by atoms with E-state index >= 15 is 0 Å². The van der Waals surface area contributed by atoms with Crippen LogP contribution in [0.2, 0.25) is 0 Å². The number of nitrogens with zero attached hydrogens (tertiary/aromatic N) is 5. The highest BCUT2D eigenvalue weighted by molar-refractivity contribution is 5.57. The van der Waals surface area contributed by atoms with Crippen molar-refractivity contribution in [3.63, 3.8) is 0 Å². The van der Waals surface area contributed by atoms with Gasteiger partial charge in [0.2, 0.25) is 0 Å². The molecule has 0 radical (unpaired) electrons. The van der Waals surface area contributed by atoms with E-state index < -0.39 is 0 Å². The average Bonchev–Trinajstić information content (AvgIpc) is 3.23. The van der Waals surface area contributed by atoms with Crippen LogP contribution >= 0.6 is 0 Å². The Balaban J connectivity index is 1.33. The third kappa shape index (κ3) is 3.42. The summed E-state index contributed by atoms with van der Waals surface area (Å²) in [6, 6.07) is 15.9. The third-order valence-corrected chi connectivity index (χ3v) is 4.97. The zero-order valence-electron chi connectivity index (χ0n) is 15.3. The normalized spacial score (nSPS) is 14.0. The van der Waals surface area contributed by atoms with Gasteiger partial charge in [0.25, 0.3) is 0 Å². The largest absolute Gasteiger partial charge is 0.356 e. The van der Waals surface area contributed by atoms with Gasteiger partial charge in [0.1, 0.15) is 0 Å². The van der Waals surface area contributed by atoms with E-state index in [1.807, 2.05) is 54.7 Å². The highest BCUT2D eigenvalue weighted by Gasteiger charge is 2.20. The van der Waals surface area contributed by atoms with Gasteiger partial charge in [-0.25, -0.2) is 9.97 Å². The van der Waals surface area contributed by atoms with Crippen LogP contribution in [0.25, 0.3) is 22.7 Å². The summed E-state index contributed by atoms with van der Waals surface area (Å²) >= 11 is 0. The van der Waals surface area contributed by atoms with E-state index in [0.29, 0.717) is 0 Å². The number of pyridine rings is 1. The van der Waals surface area contributed by atoms with Crippen molar-refractivity contribution in [1.29, 1.82) is 0 Å². The van der Waals surface area contributed by atoms with Gasteiger partial charge in [-0.3, -0.25) is 9.88 Å². The Kier molecular flexibility index (Phi) is 4.39. The zero-order chi connectivity index (χ0) is 18.8. The van der Waals surface area contributed by atoms with Gasteiger partial charge in [-0.1, -0.05) is 35.5 Å². The lowest BCUT2D eigenvalue weighted by atomic mass is 10.1. The maximum atomic E-state index is 5.53. The quantitative estimate of drug-likeness (QED) is 0.546. The van der Waals surface area contributed by atoms with Gasteiger partial charge < -0.3 is 4.52 Å². The summed E-state index contributed by atoms with van der Waals surface area (Å²) in [6.07, 6.45) is 6.42. The molecule has 1 aliphatic rings. The van der Waals surface area contributed by atoms with Crippen LogP contribution in [-0.4, -0.2) is 31.6 Å². The van der Waals surface area contributed by atoms with Crippen molar-refractivity contribution in [2.24, 2.45) is 0 Å². The van der Waals surface area contributed by atoms with Crippen molar-refractivity contribution in [2.45, 2.75) is 19.5 Å². The van der Waals surface area contributed by atoms with E-state index in [4.69, 9.17) is 9.51 Å². The second-order valence-corrected chi connectivity index (χ2v) is 6.91. The molecule has 4 heterocycles. The fourth-order valence-electron chi connectivity index (χ4n) is 3.49. The molecule has 0 atom stereocenters. The van der Waals surface area contributed by atoms with E-state index in [-0.39, 0.29) is 0 Å². The van der Waals surface area contributed by atoms with Crippen molar-refractivity contribution in [1.82, 2.24) is 25.0 Å². The van der Waals surface area contributed by atoms with Crippen LogP contribution in [0.3, 0.4) is 0 Å². The Morgan fingerprint density at radius 3 is 2.71 bits per heavy atom. The molecule has 138 valence electrons. The Morgan fingerprint density at radius 1 is 1.00 bits per heavy atom. The molecular formula is C22H19N5O. The van der Waals surface area contributed by atoms with Gasteiger partial charge in [0, 0.05) is 55.4 Å². The summed E-state index contributed by atoms with van der Waals surface area (Å²) < 4.78 is 5.53. The average molecular weight is 369 g/mol. The summed E-state index contributed by atoms with van der Waals surface area (Å²) in [5.41, 5.74) is 5.27. The topological polar surface area (TPSA) is 67.9 Å². The predicted octanol–water partition coefficient (Wildman–Crippen LogP) is 3.75. The molecule has 0 saturated heterocycles. The van der Waals surface area contributed by atoms with Gasteiger partial charge in [-0.2, -0.15) is 0 Å². The predicted molar refractivity (Wildman–Crippen MR) is 105 cm³/mol. The first-order valence-electron chi connectivity index (χ1n) is 9.34. The van der Waals surface area contributed by atoms with Crippen molar-refractivity contribution < 1.29 is 4.52 Å². The first kappa shape index (κ1) is 16.8. The lowest BCUT2D eigenvalue weighted by molar-refractivity contribution is 0.234. The molecule has 1 aliphatic heterocycles. The molecule has 0 amide bonds. The molecule has 6 nitrogen and oxygen atoms in total. The van der Waals surface area contributed by atoms with Crippen molar-refractivity contribution in [3.8, 4) is 22.7 Å². The van der Waals surface area contributed by atoms with Crippen LogP contribution < -0.4 is 0 Å². The summed E-state index contributed by atoms with van der Waals surface area (Å²) in [5, 5.41) is 4.25. The smallest absolute Gasteiger partial charge is 0.167 e. The number of hydrogen-bond acceptors (Lipinski definition) is 6. The first-order valence-corrected chi connectivity index (χ1v) is 9.34. The van der Waals surface area contributed by atoms with Crippen LogP contribution in [0.1, 0.15) is 17.0 Å². The summed E-state index contributed by atoms with van der Waals surface area (Å²) in [4.78, 5) is 15.7. The van der Waals surface area contributed by atoms with E-state index in [1.165, 1.54) is 5.56 Å². The van der Waals surface area contributed by atoms with E-state index in [0.717, 1.165) is 60.2 Å². The fraction of sp³-hybridized carbons (Fsp3) is 0.182. The van der Waals surface area contributed by atoms with Crippen LogP contribution in [0, 0.1) is 0 Å². The van der Waals surface area contributed by atoms with Crippen molar-refractivity contribution in [2.75, 3.05) is 6.54 Å². The Labute approximate surface area is 162 Å². The molecule has 0 unspecified atom stereocenters. The number of fused-ring (bicyclic) bond motifs is 1. The molecule has 0 spiro atoms. The second-order valence-electron chi connectivity index (χ2n) is 6.91. The van der Waals surface area contributed by atoms with Crippen LogP contribution in [0.4, 0.5) is 0 Å². The molecule has 0 N–H and O–H groups in total. The number of hydrogen-bond donors (Lipinski definition) is 0. The lowest BCUT2D eigenvalue weighted by Crippen LogP contribution is -2.31. The molecule has 0 saturated carbocycles. The molecule has 1 aromatic carbocycles. The highest BCUT2D eigenvalue weighted by Crippen LogP contribution is 2.24. The number of rotatable bonds is 4. The number of benzene rings is 1. The van der Waals surface area contributed by atoms with Crippen LogP contribution in [0.5, 0.6) is 0 Å². The summed E-state index contributed by atoms with van der Waals surface area (Å²) in [5.74, 6) is 1.55. The van der Waals surface area contributed by atoms with Crippen LogP contribution in [0.15, 0.2) is 71.6 Å². The Morgan fingerprint density at radius 2 is 1.86 bits per heavy atom. The van der Waals surface area contributed by atoms with Gasteiger partial charge in [-0.05, 0) is 24.1 Å². The molecular weight excluding hydrogens is 350 g/mol. The van der Waals surface area contributed by atoms with Gasteiger partial charge >= 0.3 is 0 Å². The number of aromatic nitrogens is 4. The second kappa shape index (κ2) is 7.32. The van der Waals surface area contributed by atoms with Crippen molar-refractivity contribution in [3.05, 3.63) is 84.1 Å². The third-order valence-electron chi connectivity index (χ3n) is 4.97. The molecule has 5 rings (SSSR count). The maximum absolute atomic E-state index is 5.53. The van der Waals surface area contributed by atoms with Gasteiger partial charge in [0.05, 0.1) is 11.4 Å². The molecule has 6 heteroatoms. The van der Waals surface area contributed by atoms with Gasteiger partial charge in [0.15, 0.2) is 11.6 Å². The minimum absolute atomic E-state index is 0.740. The van der Waals surface area contributed by atoms with E-state index in [1.54, 1.807) is 12.4 Å². The van der Waals surface area contributed by atoms with E-state index in [2.05, 4.69) is 20.0 Å².